The molecule has 0 aromatic heterocycles. The Morgan fingerprint density at radius 3 is 2.67 bits per heavy atom. The van der Waals surface area contributed by atoms with Crippen LogP contribution in [0.5, 0.6) is 11.5 Å². The molecule has 0 radical (unpaired) electrons. The molecule has 6 bridgehead atoms. The Balaban J connectivity index is 1.48. The quantitative estimate of drug-likeness (QED) is 0.292. The Morgan fingerprint density at radius 1 is 1.24 bits per heavy atom. The summed E-state index contributed by atoms with van der Waals surface area (Å²) in [5, 5.41) is 33.3. The molecular weight excluding hydrogens is 552 g/mol. The lowest BCUT2D eigenvalue weighted by atomic mass is 9.77. The lowest BCUT2D eigenvalue weighted by Crippen LogP contribution is -2.56. The summed E-state index contributed by atoms with van der Waals surface area (Å²) in [6.07, 6.45) is -0.927. The molecule has 2 heterocycles. The smallest absolute Gasteiger partial charge is 0.340 e. The number of aliphatic carboxylic acids is 1. The van der Waals surface area contributed by atoms with Crippen molar-refractivity contribution in [3.63, 3.8) is 0 Å². The minimum atomic E-state index is -1.92. The Bertz CT molecular complexity index is 1260. The summed E-state index contributed by atoms with van der Waals surface area (Å²) in [5.74, 6) is -3.19. The summed E-state index contributed by atoms with van der Waals surface area (Å²) in [5.41, 5.74) is 0.838. The second-order valence-corrected chi connectivity index (χ2v) is 11.1. The highest BCUT2D eigenvalue weighted by molar-refractivity contribution is 5.88. The number of carboxylic acids is 1. The van der Waals surface area contributed by atoms with Gasteiger partial charge in [-0.2, -0.15) is 0 Å². The lowest BCUT2D eigenvalue weighted by Gasteiger charge is -2.44. The summed E-state index contributed by atoms with van der Waals surface area (Å²) in [7, 11) is 3.52. The van der Waals surface area contributed by atoms with Crippen LogP contribution >= 0.6 is 0 Å². The molecule has 0 unspecified atom stereocenters. The molecule has 1 aromatic carbocycles. The topological polar surface area (TPSA) is 181 Å². The number of aliphatic hydroxyl groups excluding tert-OH is 1. The van der Waals surface area contributed by atoms with Gasteiger partial charge in [-0.3, -0.25) is 14.4 Å². The maximum absolute atomic E-state index is 12.8. The largest absolute Gasteiger partial charge is 0.493 e. The van der Waals surface area contributed by atoms with E-state index < -0.39 is 60.2 Å². The fourth-order valence-electron chi connectivity index (χ4n) is 5.68. The number of hydrogen-bond acceptors (Lipinski definition) is 11. The van der Waals surface area contributed by atoms with Crippen molar-refractivity contribution in [3.8, 4) is 11.5 Å². The number of carboxylic acid groups (broad SMARTS) is 1. The Kier molecular flexibility index (Phi) is 9.43. The number of benzene rings is 1. The number of carbonyl (C=O) groups is 4. The molecule has 13 heteroatoms. The minimum Gasteiger partial charge on any atom is -0.493 e. The van der Waals surface area contributed by atoms with Gasteiger partial charge in [0.2, 0.25) is 0 Å². The summed E-state index contributed by atoms with van der Waals surface area (Å²) in [6.45, 7) is 3.26. The summed E-state index contributed by atoms with van der Waals surface area (Å²) < 4.78 is 22.5. The monoisotopic (exact) mass is 590 g/mol. The standard InChI is InChI=1S/C29H38N2O11/c1-15(27(35)36)30-26(34)16(2)40-24(33)13-19(32)28(37)42-20-9-10-29(38)14-22(20)41-25-18-6-5-11-31(3)23(29)12-17(18)7-8-21(25)39-4/h7-9,15-16,19,22-23,32,38H,5-6,10-14H2,1-4H3,(H,30,34)(H,35,36)/t15-,16-,19-,22+,23+,29-/m0/s1. The highest BCUT2D eigenvalue weighted by Gasteiger charge is 2.47. The second kappa shape index (κ2) is 12.7. The first-order valence-electron chi connectivity index (χ1n) is 13.9. The molecule has 230 valence electrons. The molecule has 1 aliphatic carbocycles. The van der Waals surface area contributed by atoms with Gasteiger partial charge >= 0.3 is 17.9 Å². The normalized spacial score (nSPS) is 25.4. The Labute approximate surface area is 243 Å². The lowest BCUT2D eigenvalue weighted by molar-refractivity contribution is -0.163. The van der Waals surface area contributed by atoms with E-state index in [1.165, 1.54) is 21.0 Å². The van der Waals surface area contributed by atoms with Gasteiger partial charge in [-0.1, -0.05) is 6.07 Å². The van der Waals surface area contributed by atoms with Crippen LogP contribution in [0.25, 0.3) is 0 Å². The van der Waals surface area contributed by atoms with Crippen LogP contribution in [-0.2, 0) is 41.5 Å². The number of ether oxygens (including phenoxy) is 4. The Hall–Kier alpha value is -3.68. The van der Waals surface area contributed by atoms with Crippen LogP contribution in [0, 0.1) is 0 Å². The van der Waals surface area contributed by atoms with Crippen LogP contribution in [0.15, 0.2) is 24.0 Å². The highest BCUT2D eigenvalue weighted by atomic mass is 16.6. The van der Waals surface area contributed by atoms with Gasteiger partial charge in [-0.25, -0.2) is 4.79 Å². The number of rotatable bonds is 9. The molecule has 1 amide bonds. The van der Waals surface area contributed by atoms with Crippen molar-refractivity contribution >= 4 is 23.8 Å². The van der Waals surface area contributed by atoms with Crippen molar-refractivity contribution in [3.05, 3.63) is 35.1 Å². The molecule has 3 aliphatic rings. The van der Waals surface area contributed by atoms with E-state index in [2.05, 4.69) is 10.2 Å². The molecule has 4 N–H and O–H groups in total. The first-order chi connectivity index (χ1) is 19.8. The molecule has 0 saturated carbocycles. The zero-order valence-corrected chi connectivity index (χ0v) is 24.1. The number of fused-ring (bicyclic) bond motifs is 4. The van der Waals surface area contributed by atoms with Crippen LogP contribution in [0.1, 0.15) is 50.7 Å². The van der Waals surface area contributed by atoms with Gasteiger partial charge in [0.25, 0.3) is 5.91 Å². The molecule has 13 nitrogen and oxygen atoms in total. The van der Waals surface area contributed by atoms with Crippen molar-refractivity contribution < 1.29 is 53.4 Å². The molecule has 0 fully saturated rings. The van der Waals surface area contributed by atoms with Crippen LogP contribution in [0.3, 0.4) is 0 Å². The molecule has 2 aliphatic heterocycles. The van der Waals surface area contributed by atoms with Crippen LogP contribution in [-0.4, -0.2) is 101 Å². The SMILES string of the molecule is COc1ccc2c3c1O[C@@H]1C[C@@](O)(CC=C1OC(=O)[C@@H](O)CC(=O)O[C@@H](C)C(=O)N[C@@H](C)C(=O)O)[C@@H](C2)N(C)CCC3. The second-order valence-electron chi connectivity index (χ2n) is 11.1. The average molecular weight is 591 g/mol. The number of nitrogens with zero attached hydrogens (tertiary/aromatic N) is 1. The van der Waals surface area contributed by atoms with E-state index in [1.807, 2.05) is 19.2 Å². The number of carbonyl (C=O) groups excluding carboxylic acids is 3. The third kappa shape index (κ3) is 6.69. The number of amides is 1. The first-order valence-corrected chi connectivity index (χ1v) is 13.9. The zero-order chi connectivity index (χ0) is 30.8. The molecule has 6 atom stereocenters. The summed E-state index contributed by atoms with van der Waals surface area (Å²) in [6, 6.07) is 2.38. The first kappa shape index (κ1) is 31.3. The van der Waals surface area contributed by atoms with E-state index in [9.17, 15) is 29.4 Å². The molecule has 0 saturated heterocycles. The number of hydrogen-bond donors (Lipinski definition) is 4. The van der Waals surface area contributed by atoms with Crippen LogP contribution in [0.4, 0.5) is 0 Å². The van der Waals surface area contributed by atoms with Gasteiger partial charge in [0.15, 0.2) is 29.8 Å². The van der Waals surface area contributed by atoms with E-state index >= 15 is 0 Å². The van der Waals surface area contributed by atoms with Crippen molar-refractivity contribution in [2.24, 2.45) is 0 Å². The third-order valence-electron chi connectivity index (χ3n) is 8.07. The number of aliphatic hydroxyl groups is 2. The van der Waals surface area contributed by atoms with Crippen molar-refractivity contribution in [2.45, 2.75) is 88.4 Å². The third-order valence-corrected chi connectivity index (χ3v) is 8.07. The van der Waals surface area contributed by atoms with Gasteiger partial charge in [-0.05, 0) is 70.8 Å². The number of nitrogens with one attached hydrogen (secondary N) is 1. The van der Waals surface area contributed by atoms with Crippen LogP contribution < -0.4 is 14.8 Å². The van der Waals surface area contributed by atoms with E-state index in [4.69, 9.17) is 24.1 Å². The fourth-order valence-corrected chi connectivity index (χ4v) is 5.68. The van der Waals surface area contributed by atoms with Gasteiger partial charge in [0.05, 0.1) is 19.1 Å². The van der Waals surface area contributed by atoms with Gasteiger partial charge < -0.3 is 44.5 Å². The van der Waals surface area contributed by atoms with E-state index in [0.29, 0.717) is 17.9 Å². The van der Waals surface area contributed by atoms with E-state index in [0.717, 1.165) is 30.5 Å². The molecule has 0 spiro atoms. The molecule has 1 aromatic rings. The minimum absolute atomic E-state index is 0.0912. The van der Waals surface area contributed by atoms with Gasteiger partial charge in [-0.15, -0.1) is 0 Å². The summed E-state index contributed by atoms with van der Waals surface area (Å²) in [4.78, 5) is 50.2. The van der Waals surface area contributed by atoms with Crippen LogP contribution in [0.2, 0.25) is 0 Å². The van der Waals surface area contributed by atoms with Gasteiger partial charge in [0, 0.05) is 18.0 Å². The van der Waals surface area contributed by atoms with E-state index in [-0.39, 0.29) is 24.6 Å². The van der Waals surface area contributed by atoms with Crippen molar-refractivity contribution in [2.75, 3.05) is 20.7 Å². The zero-order valence-electron chi connectivity index (χ0n) is 24.1. The predicted octanol–water partition coefficient (Wildman–Crippen LogP) is 0.469. The van der Waals surface area contributed by atoms with E-state index in [1.54, 1.807) is 6.08 Å². The van der Waals surface area contributed by atoms with Crippen molar-refractivity contribution in [1.82, 2.24) is 10.2 Å². The number of esters is 2. The Morgan fingerprint density at radius 2 is 1.98 bits per heavy atom. The predicted molar refractivity (Wildman–Crippen MR) is 146 cm³/mol. The molecular formula is C29H38N2O11. The highest BCUT2D eigenvalue weighted by Crippen LogP contribution is 2.44. The van der Waals surface area contributed by atoms with Crippen molar-refractivity contribution in [1.29, 1.82) is 0 Å². The number of methoxy groups -OCH3 is 1. The summed E-state index contributed by atoms with van der Waals surface area (Å²) >= 11 is 0. The maximum atomic E-state index is 12.8. The fraction of sp³-hybridized carbons (Fsp3) is 0.586. The maximum Gasteiger partial charge on any atom is 0.340 e. The van der Waals surface area contributed by atoms with Gasteiger partial charge in [0.1, 0.15) is 11.8 Å². The average Bonchev–Trinajstić information content (AvgIpc) is 2.93. The number of likely N-dealkylation sites (N-methyl/N-ethyl adjacent to an activating group) is 1. The molecule has 42 heavy (non-hydrogen) atoms. The molecule has 4 rings (SSSR count).